The van der Waals surface area contributed by atoms with Crippen molar-refractivity contribution in [3.05, 3.63) is 114 Å². The molecule has 9 nitrogen and oxygen atoms in total. The van der Waals surface area contributed by atoms with Crippen LogP contribution in [0.4, 0.5) is 10.8 Å². The van der Waals surface area contributed by atoms with Crippen molar-refractivity contribution in [2.75, 3.05) is 16.4 Å². The van der Waals surface area contributed by atoms with E-state index in [-0.39, 0.29) is 11.6 Å². The van der Waals surface area contributed by atoms with Crippen LogP contribution in [0.25, 0.3) is 17.4 Å². The second-order valence-electron chi connectivity index (χ2n) is 9.48. The fourth-order valence-corrected chi connectivity index (χ4v) is 6.51. The monoisotopic (exact) mass is 655 g/mol. The van der Waals surface area contributed by atoms with Crippen LogP contribution in [0.1, 0.15) is 30.0 Å². The largest absolute Gasteiger partial charge is 0.457 e. The van der Waals surface area contributed by atoms with Gasteiger partial charge in [0.2, 0.25) is 11.0 Å². The molecule has 0 aliphatic heterocycles. The maximum absolute atomic E-state index is 13.4. The summed E-state index contributed by atoms with van der Waals surface area (Å²) in [6.45, 7) is 3.84. The number of nitrogens with one attached hydrogen (secondary N) is 3. The van der Waals surface area contributed by atoms with Crippen LogP contribution in [-0.4, -0.2) is 38.9 Å². The van der Waals surface area contributed by atoms with Crippen molar-refractivity contribution < 1.29 is 18.8 Å². The molecule has 45 heavy (non-hydrogen) atoms. The molecule has 5 aromatic rings. The van der Waals surface area contributed by atoms with Crippen molar-refractivity contribution in [3.63, 3.8) is 0 Å². The molecule has 0 saturated carbocycles. The molecule has 1 atom stereocenters. The van der Waals surface area contributed by atoms with Crippen LogP contribution >= 0.6 is 34.9 Å². The van der Waals surface area contributed by atoms with Crippen LogP contribution in [0.5, 0.6) is 0 Å². The van der Waals surface area contributed by atoms with Gasteiger partial charge in [0.15, 0.2) is 4.34 Å². The third-order valence-corrected chi connectivity index (χ3v) is 9.17. The SMILES string of the molecule is CCSc1nnc(NC(=O)C(C)Sc2ccc(NC(=O)/C(=C\c3ccc(-c4ccccc4)o3)NC(=O)c3ccccc3)cc2)s1. The molecule has 0 radical (unpaired) electrons. The lowest BCUT2D eigenvalue weighted by molar-refractivity contribution is -0.115. The topological polar surface area (TPSA) is 126 Å². The minimum absolute atomic E-state index is 0.0127. The highest BCUT2D eigenvalue weighted by atomic mass is 32.2. The van der Waals surface area contributed by atoms with E-state index in [0.717, 1.165) is 20.6 Å². The zero-order valence-corrected chi connectivity index (χ0v) is 26.8. The number of nitrogens with zero attached hydrogens (tertiary/aromatic N) is 2. The van der Waals surface area contributed by atoms with Gasteiger partial charge in [-0.2, -0.15) is 0 Å². The lowest BCUT2D eigenvalue weighted by Crippen LogP contribution is -2.30. The van der Waals surface area contributed by atoms with Crippen molar-refractivity contribution in [3.8, 4) is 11.3 Å². The third-order valence-electron chi connectivity index (χ3n) is 6.20. The van der Waals surface area contributed by atoms with Gasteiger partial charge in [-0.1, -0.05) is 78.6 Å². The van der Waals surface area contributed by atoms with E-state index in [4.69, 9.17) is 4.42 Å². The Bertz CT molecular complexity index is 1790. The number of furan rings is 1. The highest BCUT2D eigenvalue weighted by Gasteiger charge is 2.19. The molecule has 2 heterocycles. The molecule has 228 valence electrons. The molecule has 5 rings (SSSR count). The van der Waals surface area contributed by atoms with Crippen molar-refractivity contribution in [2.24, 2.45) is 0 Å². The summed E-state index contributed by atoms with van der Waals surface area (Å²) in [6.07, 6.45) is 1.50. The van der Waals surface area contributed by atoms with E-state index >= 15 is 0 Å². The number of hydrogen-bond donors (Lipinski definition) is 3. The fourth-order valence-electron chi connectivity index (χ4n) is 3.99. The fraction of sp³-hybridized carbons (Fsp3) is 0.121. The van der Waals surface area contributed by atoms with E-state index < -0.39 is 17.1 Å². The molecule has 3 aromatic carbocycles. The van der Waals surface area contributed by atoms with E-state index in [0.29, 0.717) is 27.9 Å². The minimum atomic E-state index is -0.525. The first kappa shape index (κ1) is 31.8. The van der Waals surface area contributed by atoms with Gasteiger partial charge in [-0.15, -0.1) is 22.0 Å². The number of rotatable bonds is 12. The number of carbonyl (C=O) groups excluding carboxylic acids is 3. The van der Waals surface area contributed by atoms with Crippen molar-refractivity contribution in [1.29, 1.82) is 0 Å². The lowest BCUT2D eigenvalue weighted by Gasteiger charge is -2.12. The average Bonchev–Trinajstić information content (AvgIpc) is 3.72. The standard InChI is InChI=1S/C33H29N5O4S3/c1-3-43-33-38-37-32(45-33)36-29(39)21(2)44-26-17-14-24(15-18-26)34-31(41)27(35-30(40)23-12-8-5-9-13-23)20-25-16-19-28(42-25)22-10-6-4-7-11-22/h4-21H,3H2,1-2H3,(H,34,41)(H,35,40)(H,36,37,39)/b27-20+. The Balaban J connectivity index is 1.26. The highest BCUT2D eigenvalue weighted by molar-refractivity contribution is 8.01. The molecular formula is C33H29N5O4S3. The van der Waals surface area contributed by atoms with Crippen LogP contribution in [0.15, 0.2) is 116 Å². The Morgan fingerprint density at radius 2 is 1.60 bits per heavy atom. The number of carbonyl (C=O) groups is 3. The molecule has 0 bridgehead atoms. The van der Waals surface area contributed by atoms with Crippen molar-refractivity contribution in [2.45, 2.75) is 28.3 Å². The summed E-state index contributed by atoms with van der Waals surface area (Å²) in [6, 6.07) is 28.9. The van der Waals surface area contributed by atoms with Gasteiger partial charge in [-0.25, -0.2) is 0 Å². The minimum Gasteiger partial charge on any atom is -0.457 e. The summed E-state index contributed by atoms with van der Waals surface area (Å²) in [5.41, 5.74) is 1.83. The summed E-state index contributed by atoms with van der Waals surface area (Å²) >= 11 is 4.29. The molecular weight excluding hydrogens is 627 g/mol. The predicted molar refractivity (Wildman–Crippen MR) is 181 cm³/mol. The molecule has 0 saturated heterocycles. The summed E-state index contributed by atoms with van der Waals surface area (Å²) in [7, 11) is 0. The number of thioether (sulfide) groups is 2. The van der Waals surface area contributed by atoms with E-state index in [9.17, 15) is 14.4 Å². The highest BCUT2D eigenvalue weighted by Crippen LogP contribution is 2.29. The Labute approximate surface area is 272 Å². The smallest absolute Gasteiger partial charge is 0.272 e. The van der Waals surface area contributed by atoms with Gasteiger partial charge < -0.3 is 15.1 Å². The third kappa shape index (κ3) is 8.94. The van der Waals surface area contributed by atoms with Gasteiger partial charge in [-0.3, -0.25) is 19.7 Å². The quantitative estimate of drug-likeness (QED) is 0.0720. The van der Waals surface area contributed by atoms with Gasteiger partial charge in [-0.05, 0) is 61.2 Å². The number of aromatic nitrogens is 2. The van der Waals surface area contributed by atoms with Crippen LogP contribution in [0.2, 0.25) is 0 Å². The first-order valence-electron chi connectivity index (χ1n) is 14.0. The molecule has 3 amide bonds. The molecule has 0 spiro atoms. The summed E-state index contributed by atoms with van der Waals surface area (Å²) < 4.78 is 6.77. The average molecular weight is 656 g/mol. The zero-order chi connectivity index (χ0) is 31.6. The number of anilines is 2. The van der Waals surface area contributed by atoms with Crippen LogP contribution in [0.3, 0.4) is 0 Å². The van der Waals surface area contributed by atoms with Gasteiger partial charge in [0.1, 0.15) is 17.2 Å². The number of hydrogen-bond acceptors (Lipinski definition) is 9. The Morgan fingerprint density at radius 3 is 2.31 bits per heavy atom. The number of amides is 3. The van der Waals surface area contributed by atoms with Gasteiger partial charge >= 0.3 is 0 Å². The maximum atomic E-state index is 13.4. The zero-order valence-electron chi connectivity index (χ0n) is 24.4. The molecule has 2 aromatic heterocycles. The predicted octanol–water partition coefficient (Wildman–Crippen LogP) is 7.44. The molecule has 0 aliphatic carbocycles. The van der Waals surface area contributed by atoms with Crippen molar-refractivity contribution in [1.82, 2.24) is 15.5 Å². The van der Waals surface area contributed by atoms with Crippen LogP contribution < -0.4 is 16.0 Å². The van der Waals surface area contributed by atoms with Crippen LogP contribution in [-0.2, 0) is 9.59 Å². The van der Waals surface area contributed by atoms with E-state index in [2.05, 4.69) is 26.1 Å². The van der Waals surface area contributed by atoms with Gasteiger partial charge in [0.25, 0.3) is 11.8 Å². The Morgan fingerprint density at radius 1 is 0.889 bits per heavy atom. The summed E-state index contributed by atoms with van der Waals surface area (Å²) in [5, 5.41) is 16.5. The Hall–Kier alpha value is -4.65. The molecule has 12 heteroatoms. The molecule has 0 aliphatic rings. The second-order valence-corrected chi connectivity index (χ2v) is 13.4. The van der Waals surface area contributed by atoms with E-state index in [1.165, 1.54) is 29.2 Å². The van der Waals surface area contributed by atoms with Gasteiger partial charge in [0, 0.05) is 27.8 Å². The normalized spacial score (nSPS) is 11.9. The first-order valence-corrected chi connectivity index (χ1v) is 16.6. The molecule has 1 unspecified atom stereocenters. The lowest BCUT2D eigenvalue weighted by atomic mass is 10.2. The maximum Gasteiger partial charge on any atom is 0.272 e. The summed E-state index contributed by atoms with van der Waals surface area (Å²) in [4.78, 5) is 39.9. The first-order chi connectivity index (χ1) is 21.9. The van der Waals surface area contributed by atoms with E-state index in [1.54, 1.807) is 54.2 Å². The second kappa shape index (κ2) is 15.4. The van der Waals surface area contributed by atoms with E-state index in [1.807, 2.05) is 68.4 Å². The number of benzene rings is 3. The Kier molecular flexibility index (Phi) is 10.9. The summed E-state index contributed by atoms with van der Waals surface area (Å²) in [5.74, 6) is 0.780. The van der Waals surface area contributed by atoms with Crippen molar-refractivity contribution >= 4 is 69.5 Å². The van der Waals surface area contributed by atoms with Crippen LogP contribution in [0, 0.1) is 0 Å². The molecule has 0 fully saturated rings. The van der Waals surface area contributed by atoms with Gasteiger partial charge in [0.05, 0.1) is 5.25 Å². The molecule has 3 N–H and O–H groups in total.